The van der Waals surface area contributed by atoms with E-state index in [9.17, 15) is 0 Å². The molecule has 2 aromatic heterocycles. The average Bonchev–Trinajstić information content (AvgIpc) is 3.81. The lowest BCUT2D eigenvalue weighted by molar-refractivity contribution is 0.660. The first-order chi connectivity index (χ1) is 25.5. The van der Waals surface area contributed by atoms with E-state index in [2.05, 4.69) is 170 Å². The Morgan fingerprint density at radius 2 is 1.13 bits per heavy atom. The maximum Gasteiger partial charge on any atom is 0.136 e. The van der Waals surface area contributed by atoms with Crippen molar-refractivity contribution in [2.75, 3.05) is 4.90 Å². The summed E-state index contributed by atoms with van der Waals surface area (Å²) in [7, 11) is 0. The van der Waals surface area contributed by atoms with Gasteiger partial charge in [-0.25, -0.2) is 0 Å². The number of para-hydroxylation sites is 1. The van der Waals surface area contributed by atoms with Gasteiger partial charge in [0.2, 0.25) is 0 Å². The molecule has 0 unspecified atom stereocenters. The molecule has 0 aliphatic heterocycles. The Hall–Kier alpha value is -6.16. The Bertz CT molecular complexity index is 3050. The van der Waals surface area contributed by atoms with Gasteiger partial charge in [0.05, 0.1) is 0 Å². The van der Waals surface area contributed by atoms with Crippen LogP contribution in [0.2, 0.25) is 0 Å². The number of thiophene rings is 1. The third-order valence-corrected chi connectivity index (χ3v) is 12.4. The number of rotatable bonds is 4. The van der Waals surface area contributed by atoms with E-state index in [1.165, 1.54) is 64.3 Å². The highest BCUT2D eigenvalue weighted by Crippen LogP contribution is 2.51. The Morgan fingerprint density at radius 1 is 0.442 bits per heavy atom. The van der Waals surface area contributed by atoms with E-state index >= 15 is 0 Å². The second-order valence-electron chi connectivity index (χ2n) is 14.6. The Kier molecular flexibility index (Phi) is 6.21. The lowest BCUT2D eigenvalue weighted by atomic mass is 9.82. The van der Waals surface area contributed by atoms with Crippen molar-refractivity contribution >= 4 is 81.3 Å². The predicted molar refractivity (Wildman–Crippen MR) is 222 cm³/mol. The monoisotopic (exact) mass is 683 g/mol. The van der Waals surface area contributed by atoms with Crippen molar-refractivity contribution in [1.29, 1.82) is 0 Å². The van der Waals surface area contributed by atoms with Crippen LogP contribution in [0.1, 0.15) is 25.0 Å². The summed E-state index contributed by atoms with van der Waals surface area (Å²) in [5, 5.41) is 7.33. The Labute approximate surface area is 305 Å². The second kappa shape index (κ2) is 10.9. The largest absolute Gasteiger partial charge is 0.456 e. The minimum absolute atomic E-state index is 0.0387. The molecule has 0 bridgehead atoms. The summed E-state index contributed by atoms with van der Waals surface area (Å²) < 4.78 is 8.84. The second-order valence-corrected chi connectivity index (χ2v) is 15.7. The summed E-state index contributed by atoms with van der Waals surface area (Å²) in [4.78, 5) is 2.42. The zero-order valence-corrected chi connectivity index (χ0v) is 29.7. The topological polar surface area (TPSA) is 16.4 Å². The van der Waals surface area contributed by atoms with Crippen molar-refractivity contribution in [3.63, 3.8) is 0 Å². The van der Waals surface area contributed by atoms with Gasteiger partial charge in [-0.1, -0.05) is 111 Å². The molecule has 10 aromatic rings. The number of benzene rings is 8. The van der Waals surface area contributed by atoms with Gasteiger partial charge in [-0.15, -0.1) is 11.3 Å². The molecule has 3 heteroatoms. The van der Waals surface area contributed by atoms with Gasteiger partial charge in [0.1, 0.15) is 11.2 Å². The van der Waals surface area contributed by atoms with Gasteiger partial charge in [-0.3, -0.25) is 0 Å². The van der Waals surface area contributed by atoms with Gasteiger partial charge in [0, 0.05) is 53.4 Å². The van der Waals surface area contributed by atoms with Crippen LogP contribution in [-0.2, 0) is 5.41 Å². The smallest absolute Gasteiger partial charge is 0.136 e. The van der Waals surface area contributed by atoms with Gasteiger partial charge in [-0.2, -0.15) is 0 Å². The van der Waals surface area contributed by atoms with E-state index in [0.717, 1.165) is 39.0 Å². The summed E-state index contributed by atoms with van der Waals surface area (Å²) in [6.07, 6.45) is 0. The van der Waals surface area contributed by atoms with Crippen LogP contribution in [0.4, 0.5) is 17.1 Å². The maximum absolute atomic E-state index is 6.23. The molecule has 0 spiro atoms. The lowest BCUT2D eigenvalue weighted by Gasteiger charge is -2.27. The van der Waals surface area contributed by atoms with Gasteiger partial charge in [0.15, 0.2) is 0 Å². The van der Waals surface area contributed by atoms with E-state index in [1.807, 2.05) is 23.5 Å². The van der Waals surface area contributed by atoms with Gasteiger partial charge >= 0.3 is 0 Å². The molecule has 0 amide bonds. The van der Waals surface area contributed by atoms with Crippen molar-refractivity contribution in [2.45, 2.75) is 19.3 Å². The summed E-state index contributed by atoms with van der Waals surface area (Å²) in [5.74, 6) is 0. The van der Waals surface area contributed by atoms with E-state index in [0.29, 0.717) is 0 Å². The molecule has 52 heavy (non-hydrogen) atoms. The highest BCUT2D eigenvalue weighted by Gasteiger charge is 2.35. The molecule has 0 saturated carbocycles. The van der Waals surface area contributed by atoms with Crippen LogP contribution in [-0.4, -0.2) is 0 Å². The van der Waals surface area contributed by atoms with Crippen molar-refractivity contribution in [3.8, 4) is 22.3 Å². The zero-order valence-electron chi connectivity index (χ0n) is 28.9. The number of fused-ring (bicyclic) bond motifs is 10. The van der Waals surface area contributed by atoms with Gasteiger partial charge < -0.3 is 9.32 Å². The minimum Gasteiger partial charge on any atom is -0.456 e. The molecule has 1 aliphatic rings. The molecule has 0 fully saturated rings. The first-order valence-electron chi connectivity index (χ1n) is 17.9. The number of furan rings is 1. The summed E-state index contributed by atoms with van der Waals surface area (Å²) in [5.41, 5.74) is 13.0. The van der Waals surface area contributed by atoms with Gasteiger partial charge in [-0.05, 0) is 111 Å². The molecule has 2 heterocycles. The molecular formula is C49H33NOS. The van der Waals surface area contributed by atoms with Crippen LogP contribution in [0.25, 0.3) is 75.1 Å². The number of hydrogen-bond acceptors (Lipinski definition) is 3. The molecular weight excluding hydrogens is 651 g/mol. The Morgan fingerprint density at radius 3 is 2.04 bits per heavy atom. The number of hydrogen-bond donors (Lipinski definition) is 0. The molecule has 0 radical (unpaired) electrons. The molecule has 11 rings (SSSR count). The van der Waals surface area contributed by atoms with Crippen LogP contribution in [0.5, 0.6) is 0 Å². The normalized spacial score (nSPS) is 13.3. The van der Waals surface area contributed by atoms with Crippen LogP contribution < -0.4 is 4.90 Å². The van der Waals surface area contributed by atoms with Crippen molar-refractivity contribution in [1.82, 2.24) is 0 Å². The molecule has 0 atom stereocenters. The summed E-state index contributed by atoms with van der Waals surface area (Å²) in [6, 6.07) is 60.1. The summed E-state index contributed by atoms with van der Waals surface area (Å²) >= 11 is 1.86. The van der Waals surface area contributed by atoms with Crippen LogP contribution >= 0.6 is 11.3 Å². The van der Waals surface area contributed by atoms with E-state index in [4.69, 9.17) is 4.42 Å². The van der Waals surface area contributed by atoms with Crippen LogP contribution in [0.15, 0.2) is 168 Å². The molecule has 8 aromatic carbocycles. The third-order valence-electron chi connectivity index (χ3n) is 11.2. The maximum atomic E-state index is 6.23. The number of nitrogens with zero attached hydrogens (tertiary/aromatic N) is 1. The highest BCUT2D eigenvalue weighted by molar-refractivity contribution is 7.25. The summed E-state index contributed by atoms with van der Waals surface area (Å²) in [6.45, 7) is 4.69. The van der Waals surface area contributed by atoms with Crippen molar-refractivity contribution in [2.24, 2.45) is 0 Å². The zero-order chi connectivity index (χ0) is 34.6. The SMILES string of the molecule is CC1(C)c2ccccc2-c2cc(N(c3ccc(-c4ccc5cc6c(cc5c4)oc4ccccc46)cc3)c3ccc4c(c3)sc3ccccc34)ccc21. The fourth-order valence-corrected chi connectivity index (χ4v) is 9.74. The number of anilines is 3. The lowest BCUT2D eigenvalue weighted by Crippen LogP contribution is -2.15. The first kappa shape index (κ1) is 29.6. The average molecular weight is 684 g/mol. The molecule has 1 aliphatic carbocycles. The highest BCUT2D eigenvalue weighted by atomic mass is 32.1. The molecule has 0 N–H and O–H groups in total. The minimum atomic E-state index is -0.0387. The van der Waals surface area contributed by atoms with Crippen LogP contribution in [0.3, 0.4) is 0 Å². The van der Waals surface area contributed by atoms with E-state index < -0.39 is 0 Å². The molecule has 2 nitrogen and oxygen atoms in total. The predicted octanol–water partition coefficient (Wildman–Crippen LogP) is 14.6. The molecule has 0 saturated heterocycles. The van der Waals surface area contributed by atoms with Crippen LogP contribution in [0, 0.1) is 0 Å². The van der Waals surface area contributed by atoms with E-state index in [1.54, 1.807) is 0 Å². The Balaban J connectivity index is 1.03. The van der Waals surface area contributed by atoms with Crippen molar-refractivity contribution < 1.29 is 4.42 Å². The third kappa shape index (κ3) is 4.36. The first-order valence-corrected chi connectivity index (χ1v) is 18.7. The standard InChI is InChI=1S/C49H33NOS/c1-49(2)43-12-6-3-9-37(43)41-28-35(22-24-44(41)49)50(36-21-23-40-39-11-5-8-14-47(39)52-48(40)29-36)34-19-17-30(18-20-34)31-15-16-32-26-42-38-10-4-7-13-45(38)51-46(42)27-33(32)25-31/h3-29H,1-2H3. The fourth-order valence-electron chi connectivity index (χ4n) is 8.60. The molecule has 246 valence electrons. The van der Waals surface area contributed by atoms with Crippen molar-refractivity contribution in [3.05, 3.63) is 175 Å². The quantitative estimate of drug-likeness (QED) is 0.184. The van der Waals surface area contributed by atoms with E-state index in [-0.39, 0.29) is 5.41 Å². The fraction of sp³-hybridized carbons (Fsp3) is 0.0612. The van der Waals surface area contributed by atoms with Gasteiger partial charge in [0.25, 0.3) is 0 Å².